The van der Waals surface area contributed by atoms with Crippen molar-refractivity contribution in [2.45, 2.75) is 19.3 Å². The summed E-state index contributed by atoms with van der Waals surface area (Å²) >= 11 is 0. The number of hydrogen-bond donors (Lipinski definition) is 2. The Morgan fingerprint density at radius 2 is 1.65 bits per heavy atom. The summed E-state index contributed by atoms with van der Waals surface area (Å²) in [4.78, 5) is 23.0. The fraction of sp³-hybridized carbons (Fsp3) is 0.250. The Balaban J connectivity index is 2.76. The van der Waals surface area contributed by atoms with E-state index in [2.05, 4.69) is 0 Å². The normalized spacial score (nSPS) is 15.5. The Labute approximate surface area is 116 Å². The fourth-order valence-electron chi connectivity index (χ4n) is 2.46. The highest BCUT2D eigenvalue weighted by Crippen LogP contribution is 2.37. The summed E-state index contributed by atoms with van der Waals surface area (Å²) in [6, 6.07) is 12.7. The van der Waals surface area contributed by atoms with Gasteiger partial charge in [0.15, 0.2) is 0 Å². The summed E-state index contributed by atoms with van der Waals surface area (Å²) in [5.74, 6) is -3.29. The van der Waals surface area contributed by atoms with Gasteiger partial charge in [-0.15, -0.1) is 0 Å². The number of benzene rings is 2. The number of fused-ring (bicyclic) bond motifs is 1. The van der Waals surface area contributed by atoms with E-state index in [0.29, 0.717) is 5.56 Å². The number of carbonyl (C=O) groups is 2. The van der Waals surface area contributed by atoms with Gasteiger partial charge in [0.05, 0.1) is 5.92 Å². The van der Waals surface area contributed by atoms with Gasteiger partial charge in [-0.05, 0) is 23.3 Å². The Hall–Kier alpha value is -2.36. The summed E-state index contributed by atoms with van der Waals surface area (Å²) < 4.78 is 0. The van der Waals surface area contributed by atoms with Gasteiger partial charge in [0, 0.05) is 0 Å². The minimum atomic E-state index is -1.48. The van der Waals surface area contributed by atoms with Crippen LogP contribution in [0.3, 0.4) is 0 Å². The van der Waals surface area contributed by atoms with Crippen molar-refractivity contribution in [1.29, 1.82) is 0 Å². The summed E-state index contributed by atoms with van der Waals surface area (Å²) in [5.41, 5.74) is -0.954. The van der Waals surface area contributed by atoms with Crippen LogP contribution < -0.4 is 0 Å². The molecule has 2 N–H and O–H groups in total. The molecule has 4 nitrogen and oxygen atoms in total. The fourth-order valence-corrected chi connectivity index (χ4v) is 2.46. The zero-order valence-corrected chi connectivity index (χ0v) is 11.3. The molecule has 2 rings (SSSR count). The second-order valence-corrected chi connectivity index (χ2v) is 5.09. The molecular formula is C16H16O4. The minimum absolute atomic E-state index is 0.526. The largest absolute Gasteiger partial charge is 0.481 e. The van der Waals surface area contributed by atoms with Crippen LogP contribution >= 0.6 is 0 Å². The summed E-state index contributed by atoms with van der Waals surface area (Å²) in [6.45, 7) is 2.90. The van der Waals surface area contributed by atoms with E-state index in [4.69, 9.17) is 0 Å². The number of carboxylic acids is 2. The molecule has 0 heterocycles. The molecule has 0 aliphatic heterocycles. The van der Waals surface area contributed by atoms with E-state index in [1.165, 1.54) is 13.8 Å². The van der Waals surface area contributed by atoms with Crippen molar-refractivity contribution < 1.29 is 19.8 Å². The first-order chi connectivity index (χ1) is 9.39. The van der Waals surface area contributed by atoms with Gasteiger partial charge in [0.25, 0.3) is 0 Å². The van der Waals surface area contributed by atoms with E-state index < -0.39 is 23.3 Å². The molecule has 0 bridgehead atoms. The first kappa shape index (κ1) is 14.1. The number of hydrogen-bond acceptors (Lipinski definition) is 2. The molecule has 0 saturated heterocycles. The van der Waals surface area contributed by atoms with Crippen molar-refractivity contribution in [3.8, 4) is 0 Å². The molecule has 2 unspecified atom stereocenters. The molecule has 0 aliphatic carbocycles. The Morgan fingerprint density at radius 3 is 2.25 bits per heavy atom. The molecule has 0 saturated carbocycles. The maximum Gasteiger partial charge on any atom is 0.314 e. The van der Waals surface area contributed by atoms with Crippen LogP contribution in [-0.2, 0) is 15.0 Å². The molecule has 0 aliphatic rings. The zero-order chi connectivity index (χ0) is 14.9. The smallest absolute Gasteiger partial charge is 0.314 e. The molecular weight excluding hydrogens is 256 g/mol. The van der Waals surface area contributed by atoms with Crippen LogP contribution in [0.4, 0.5) is 0 Å². The van der Waals surface area contributed by atoms with Gasteiger partial charge in [-0.2, -0.15) is 0 Å². The molecule has 2 aromatic rings. The van der Waals surface area contributed by atoms with E-state index in [1.807, 2.05) is 30.3 Å². The van der Waals surface area contributed by atoms with Crippen molar-refractivity contribution in [1.82, 2.24) is 0 Å². The molecule has 0 aromatic heterocycles. The third-order valence-electron chi connectivity index (χ3n) is 4.03. The van der Waals surface area contributed by atoms with Crippen molar-refractivity contribution in [3.63, 3.8) is 0 Å². The molecule has 4 heteroatoms. The maximum atomic E-state index is 11.7. The maximum absolute atomic E-state index is 11.7. The van der Waals surface area contributed by atoms with Gasteiger partial charge in [0.2, 0.25) is 0 Å². The molecule has 104 valence electrons. The lowest BCUT2D eigenvalue weighted by Gasteiger charge is -2.30. The summed E-state index contributed by atoms with van der Waals surface area (Å²) in [6.07, 6.45) is 0. The molecule has 0 fully saturated rings. The SMILES string of the molecule is CC(C(=O)O)C(C)(C(=O)O)c1cccc2ccccc12. The van der Waals surface area contributed by atoms with E-state index in [1.54, 1.807) is 12.1 Å². The molecule has 2 atom stereocenters. The lowest BCUT2D eigenvalue weighted by Crippen LogP contribution is -2.42. The third kappa shape index (κ3) is 2.03. The monoisotopic (exact) mass is 272 g/mol. The van der Waals surface area contributed by atoms with Crippen LogP contribution in [0.15, 0.2) is 42.5 Å². The van der Waals surface area contributed by atoms with Crippen LogP contribution in [0, 0.1) is 5.92 Å². The lowest BCUT2D eigenvalue weighted by molar-refractivity contribution is -0.154. The van der Waals surface area contributed by atoms with Crippen LogP contribution in [0.2, 0.25) is 0 Å². The Morgan fingerprint density at radius 1 is 1.05 bits per heavy atom. The van der Waals surface area contributed by atoms with Gasteiger partial charge in [0.1, 0.15) is 5.41 Å². The van der Waals surface area contributed by atoms with Gasteiger partial charge >= 0.3 is 11.9 Å². The summed E-state index contributed by atoms with van der Waals surface area (Å²) in [5, 5.41) is 20.5. The lowest BCUT2D eigenvalue weighted by atomic mass is 9.71. The number of rotatable bonds is 4. The highest BCUT2D eigenvalue weighted by Gasteiger charge is 2.45. The van der Waals surface area contributed by atoms with Crippen LogP contribution in [0.5, 0.6) is 0 Å². The topological polar surface area (TPSA) is 74.6 Å². The Kier molecular flexibility index (Phi) is 3.49. The molecule has 0 radical (unpaired) electrons. The number of aliphatic carboxylic acids is 2. The third-order valence-corrected chi connectivity index (χ3v) is 4.03. The number of carboxylic acid groups (broad SMARTS) is 2. The molecule has 0 amide bonds. The van der Waals surface area contributed by atoms with Gasteiger partial charge < -0.3 is 10.2 Å². The van der Waals surface area contributed by atoms with Crippen LogP contribution in [0.1, 0.15) is 19.4 Å². The van der Waals surface area contributed by atoms with Crippen molar-refractivity contribution in [3.05, 3.63) is 48.0 Å². The highest BCUT2D eigenvalue weighted by atomic mass is 16.4. The summed E-state index contributed by atoms with van der Waals surface area (Å²) in [7, 11) is 0. The molecule has 0 spiro atoms. The first-order valence-electron chi connectivity index (χ1n) is 6.33. The standard InChI is InChI=1S/C16H16O4/c1-10(14(17)18)16(2,15(19)20)13-9-5-7-11-6-3-4-8-12(11)13/h3-10H,1-2H3,(H,17,18)(H,19,20). The van der Waals surface area contributed by atoms with E-state index >= 15 is 0 Å². The quantitative estimate of drug-likeness (QED) is 0.897. The van der Waals surface area contributed by atoms with E-state index in [-0.39, 0.29) is 0 Å². The second-order valence-electron chi connectivity index (χ2n) is 5.09. The molecule has 20 heavy (non-hydrogen) atoms. The van der Waals surface area contributed by atoms with Gasteiger partial charge in [-0.25, -0.2) is 0 Å². The van der Waals surface area contributed by atoms with E-state index in [0.717, 1.165) is 10.8 Å². The molecule has 2 aromatic carbocycles. The van der Waals surface area contributed by atoms with Crippen LogP contribution in [-0.4, -0.2) is 22.2 Å². The predicted octanol–water partition coefficient (Wildman–Crippen LogP) is 2.90. The van der Waals surface area contributed by atoms with E-state index in [9.17, 15) is 19.8 Å². The minimum Gasteiger partial charge on any atom is -0.481 e. The van der Waals surface area contributed by atoms with Gasteiger partial charge in [-0.3, -0.25) is 9.59 Å². The highest BCUT2D eigenvalue weighted by molar-refractivity contribution is 5.95. The first-order valence-corrected chi connectivity index (χ1v) is 6.33. The second kappa shape index (κ2) is 4.96. The van der Waals surface area contributed by atoms with Crippen molar-refractivity contribution in [2.75, 3.05) is 0 Å². The Bertz CT molecular complexity index is 672. The van der Waals surface area contributed by atoms with Crippen molar-refractivity contribution >= 4 is 22.7 Å². The average Bonchev–Trinajstić information content (AvgIpc) is 2.44. The predicted molar refractivity (Wildman–Crippen MR) is 75.7 cm³/mol. The van der Waals surface area contributed by atoms with Gasteiger partial charge in [-0.1, -0.05) is 49.4 Å². The zero-order valence-electron chi connectivity index (χ0n) is 11.3. The van der Waals surface area contributed by atoms with Crippen LogP contribution in [0.25, 0.3) is 10.8 Å². The average molecular weight is 272 g/mol. The van der Waals surface area contributed by atoms with Crippen molar-refractivity contribution in [2.24, 2.45) is 5.92 Å².